The number of carbonyl (C=O) groups excluding carboxylic acids is 2. The van der Waals surface area contributed by atoms with E-state index >= 15 is 0 Å². The minimum atomic E-state index is -1.04. The summed E-state index contributed by atoms with van der Waals surface area (Å²) in [5, 5.41) is 10.5. The minimum Gasteiger partial charge on any atom is -0.535 e. The zero-order chi connectivity index (χ0) is 22.5. The Kier molecular flexibility index (Phi) is 8.31. The van der Waals surface area contributed by atoms with Crippen molar-refractivity contribution in [3.05, 3.63) is 29.3 Å². The molecule has 1 aromatic carbocycles. The highest BCUT2D eigenvalue weighted by Gasteiger charge is 2.37. The first kappa shape index (κ1) is 24.0. The van der Waals surface area contributed by atoms with E-state index < -0.39 is 7.12 Å². The van der Waals surface area contributed by atoms with E-state index in [9.17, 15) is 14.6 Å². The molecule has 1 atom stereocenters. The fourth-order valence-corrected chi connectivity index (χ4v) is 4.96. The van der Waals surface area contributed by atoms with E-state index in [2.05, 4.69) is 30.9 Å². The molecule has 170 valence electrons. The lowest BCUT2D eigenvalue weighted by Crippen LogP contribution is -2.39. The van der Waals surface area contributed by atoms with Crippen LogP contribution in [0.3, 0.4) is 0 Å². The van der Waals surface area contributed by atoms with Crippen LogP contribution in [-0.2, 0) is 11.2 Å². The van der Waals surface area contributed by atoms with Crippen LogP contribution < -0.4 is 4.65 Å². The van der Waals surface area contributed by atoms with E-state index in [0.29, 0.717) is 42.5 Å². The summed E-state index contributed by atoms with van der Waals surface area (Å²) in [5.74, 6) is 0.799. The molecule has 1 N–H and O–H groups in total. The van der Waals surface area contributed by atoms with Crippen LogP contribution in [0, 0.1) is 5.92 Å². The van der Waals surface area contributed by atoms with Crippen molar-refractivity contribution in [1.29, 1.82) is 0 Å². The van der Waals surface area contributed by atoms with E-state index in [1.807, 2.05) is 12.1 Å². The third-order valence-electron chi connectivity index (χ3n) is 6.95. The number of nitrogens with zero attached hydrogens (tertiary/aromatic N) is 2. The summed E-state index contributed by atoms with van der Waals surface area (Å²) in [7, 11) is 5.37. The second-order valence-electron chi connectivity index (χ2n) is 9.73. The molecule has 0 amide bonds. The van der Waals surface area contributed by atoms with Gasteiger partial charge in [-0.15, -0.1) is 0 Å². The molecule has 1 heterocycles. The molecule has 7 heteroatoms. The molecular weight excluding hydrogens is 391 g/mol. The zero-order valence-electron chi connectivity index (χ0n) is 19.5. The highest BCUT2D eigenvalue weighted by molar-refractivity contribution is 6.47. The van der Waals surface area contributed by atoms with Crippen LogP contribution in [0.2, 0.25) is 5.82 Å². The van der Waals surface area contributed by atoms with E-state index in [4.69, 9.17) is 4.65 Å². The van der Waals surface area contributed by atoms with Crippen LogP contribution >= 0.6 is 0 Å². The molecular formula is C24H37BN2O4. The number of para-hydroxylation sites is 1. The predicted octanol–water partition coefficient (Wildman–Crippen LogP) is 3.08. The summed E-state index contributed by atoms with van der Waals surface area (Å²) in [6, 6.07) is 6.09. The molecule has 1 fully saturated rings. The molecule has 0 saturated heterocycles. The van der Waals surface area contributed by atoms with Crippen molar-refractivity contribution in [2.24, 2.45) is 5.92 Å². The van der Waals surface area contributed by atoms with Crippen molar-refractivity contribution in [3.8, 4) is 5.75 Å². The molecule has 1 aromatic rings. The number of Topliss-reactive ketones (excluding diaryl/α,β-unsaturated/α-hetero) is 2. The molecule has 31 heavy (non-hydrogen) atoms. The number of rotatable bonds is 9. The monoisotopic (exact) mass is 428 g/mol. The van der Waals surface area contributed by atoms with E-state index in [0.717, 1.165) is 44.3 Å². The SMILES string of the molecule is CC(=O)c1cccc2c1OB(O)[C@@H](CC(=O)CC1CCC(N(C)CCN(C)C)CC1)C2. The van der Waals surface area contributed by atoms with Gasteiger partial charge in [0.15, 0.2) is 5.78 Å². The van der Waals surface area contributed by atoms with Crippen molar-refractivity contribution >= 4 is 18.7 Å². The van der Waals surface area contributed by atoms with Gasteiger partial charge in [-0.1, -0.05) is 12.1 Å². The van der Waals surface area contributed by atoms with Gasteiger partial charge < -0.3 is 19.5 Å². The molecule has 1 saturated carbocycles. The third kappa shape index (κ3) is 6.40. The van der Waals surface area contributed by atoms with Gasteiger partial charge in [0.05, 0.1) is 5.56 Å². The second kappa shape index (κ2) is 10.8. The lowest BCUT2D eigenvalue weighted by atomic mass is 9.64. The maximum atomic E-state index is 12.8. The van der Waals surface area contributed by atoms with Crippen molar-refractivity contribution in [3.63, 3.8) is 0 Å². The Morgan fingerprint density at radius 1 is 1.10 bits per heavy atom. The average Bonchev–Trinajstić information content (AvgIpc) is 2.72. The highest BCUT2D eigenvalue weighted by Crippen LogP contribution is 2.37. The number of ketones is 2. The molecule has 3 rings (SSSR count). The summed E-state index contributed by atoms with van der Waals surface area (Å²) in [4.78, 5) is 29.3. The second-order valence-corrected chi connectivity index (χ2v) is 9.73. The van der Waals surface area contributed by atoms with Gasteiger partial charge in [0.1, 0.15) is 11.5 Å². The Morgan fingerprint density at radius 3 is 2.45 bits per heavy atom. The average molecular weight is 428 g/mol. The van der Waals surface area contributed by atoms with Gasteiger partial charge in [-0.3, -0.25) is 9.59 Å². The van der Waals surface area contributed by atoms with Crippen molar-refractivity contribution in [1.82, 2.24) is 9.80 Å². The number of benzene rings is 1. The van der Waals surface area contributed by atoms with Gasteiger partial charge in [0.25, 0.3) is 0 Å². The summed E-state index contributed by atoms with van der Waals surface area (Å²) in [6.45, 7) is 3.64. The van der Waals surface area contributed by atoms with Gasteiger partial charge in [-0.05, 0) is 77.7 Å². The van der Waals surface area contributed by atoms with Crippen LogP contribution in [0.15, 0.2) is 18.2 Å². The van der Waals surface area contributed by atoms with Crippen LogP contribution in [0.5, 0.6) is 5.75 Å². The Morgan fingerprint density at radius 2 is 1.81 bits per heavy atom. The molecule has 0 aromatic heterocycles. The Hall–Kier alpha value is -1.70. The lowest BCUT2D eigenvalue weighted by Gasteiger charge is -2.35. The normalized spacial score (nSPS) is 23.6. The van der Waals surface area contributed by atoms with Crippen molar-refractivity contribution in [2.45, 2.75) is 63.7 Å². The minimum absolute atomic E-state index is 0.0819. The zero-order valence-corrected chi connectivity index (χ0v) is 19.5. The smallest absolute Gasteiger partial charge is 0.526 e. The Labute approximate surface area is 187 Å². The number of carbonyl (C=O) groups is 2. The van der Waals surface area contributed by atoms with Gasteiger partial charge in [-0.25, -0.2) is 0 Å². The van der Waals surface area contributed by atoms with Crippen molar-refractivity contribution < 1.29 is 19.3 Å². The molecule has 6 nitrogen and oxygen atoms in total. The molecule has 2 aliphatic rings. The summed E-state index contributed by atoms with van der Waals surface area (Å²) < 4.78 is 5.68. The van der Waals surface area contributed by atoms with E-state index in [1.54, 1.807) is 6.07 Å². The topological polar surface area (TPSA) is 70.1 Å². The summed E-state index contributed by atoms with van der Waals surface area (Å²) >= 11 is 0. The fourth-order valence-electron chi connectivity index (χ4n) is 4.96. The van der Waals surface area contributed by atoms with Crippen LogP contribution in [-0.4, -0.2) is 73.8 Å². The molecule has 1 aliphatic carbocycles. The van der Waals surface area contributed by atoms with Crippen LogP contribution in [0.4, 0.5) is 0 Å². The maximum absolute atomic E-state index is 12.8. The summed E-state index contributed by atoms with van der Waals surface area (Å²) in [5.41, 5.74) is 1.39. The Balaban J connectivity index is 1.47. The largest absolute Gasteiger partial charge is 0.535 e. The van der Waals surface area contributed by atoms with Gasteiger partial charge in [0, 0.05) is 37.8 Å². The van der Waals surface area contributed by atoms with Gasteiger partial charge in [0.2, 0.25) is 0 Å². The quantitative estimate of drug-likeness (QED) is 0.482. The van der Waals surface area contributed by atoms with E-state index in [1.165, 1.54) is 6.92 Å². The first-order chi connectivity index (χ1) is 14.7. The standard InChI is InChI=1S/C24H37BN2O4/c1-17(28)23-7-5-6-19-15-20(25(30)31-24(19)23)16-22(29)14-18-8-10-21(11-9-18)27(4)13-12-26(2)3/h5-7,18,20-21,30H,8-16H2,1-4H3/t18?,20-,21?/m1/s1. The van der Waals surface area contributed by atoms with Gasteiger partial charge in [-0.2, -0.15) is 0 Å². The molecule has 0 bridgehead atoms. The maximum Gasteiger partial charge on any atom is 0.526 e. The van der Waals surface area contributed by atoms with Crippen molar-refractivity contribution in [2.75, 3.05) is 34.2 Å². The Bertz CT molecular complexity index is 777. The third-order valence-corrected chi connectivity index (χ3v) is 6.95. The number of fused-ring (bicyclic) bond motifs is 1. The number of likely N-dealkylation sites (N-methyl/N-ethyl adjacent to an activating group) is 2. The van der Waals surface area contributed by atoms with E-state index in [-0.39, 0.29) is 17.4 Å². The summed E-state index contributed by atoms with van der Waals surface area (Å²) in [6.07, 6.45) is 5.98. The molecule has 0 unspecified atom stereocenters. The fraction of sp³-hybridized carbons (Fsp3) is 0.667. The number of hydrogen-bond acceptors (Lipinski definition) is 6. The molecule has 0 spiro atoms. The van der Waals surface area contributed by atoms with Gasteiger partial charge >= 0.3 is 7.12 Å². The predicted molar refractivity (Wildman–Crippen MR) is 124 cm³/mol. The van der Waals surface area contributed by atoms with Crippen LogP contribution in [0.1, 0.15) is 61.4 Å². The highest BCUT2D eigenvalue weighted by atomic mass is 16.5. The first-order valence-corrected chi connectivity index (χ1v) is 11.6. The van der Waals surface area contributed by atoms with Crippen LogP contribution in [0.25, 0.3) is 0 Å². The molecule has 0 radical (unpaired) electrons. The number of hydrogen-bond donors (Lipinski definition) is 1. The first-order valence-electron chi connectivity index (χ1n) is 11.6. The lowest BCUT2D eigenvalue weighted by molar-refractivity contribution is -0.120. The molecule has 1 aliphatic heterocycles.